The molecule has 0 aromatic carbocycles. The van der Waals surface area contributed by atoms with Crippen LogP contribution in [0.3, 0.4) is 0 Å². The van der Waals surface area contributed by atoms with E-state index in [1.54, 1.807) is 6.92 Å². The largest absolute Gasteiger partial charge is 0.463 e. The molecule has 0 N–H and O–H groups in total. The molecule has 0 fully saturated rings. The lowest BCUT2D eigenvalue weighted by Gasteiger charge is -2.03. The van der Waals surface area contributed by atoms with Crippen LogP contribution in [0.15, 0.2) is 11.6 Å². The van der Waals surface area contributed by atoms with Crippen molar-refractivity contribution in [3.8, 4) is 0 Å². The van der Waals surface area contributed by atoms with Gasteiger partial charge in [-0.25, -0.2) is 4.79 Å². The van der Waals surface area contributed by atoms with Crippen LogP contribution in [0.25, 0.3) is 0 Å². The summed E-state index contributed by atoms with van der Waals surface area (Å²) in [6.45, 7) is 8.42. The van der Waals surface area contributed by atoms with Crippen molar-refractivity contribution in [1.82, 2.24) is 0 Å². The fourth-order valence-corrected chi connectivity index (χ4v) is 0.961. The first-order chi connectivity index (χ1) is 6.07. The average molecular weight is 184 g/mol. The van der Waals surface area contributed by atoms with E-state index in [1.165, 1.54) is 0 Å². The van der Waals surface area contributed by atoms with E-state index in [2.05, 4.69) is 13.8 Å². The molecule has 0 rings (SSSR count). The van der Waals surface area contributed by atoms with Crippen LogP contribution >= 0.6 is 0 Å². The second-order valence-electron chi connectivity index (χ2n) is 3.58. The molecule has 0 unspecified atom stereocenters. The van der Waals surface area contributed by atoms with Crippen molar-refractivity contribution in [2.75, 3.05) is 6.61 Å². The minimum Gasteiger partial charge on any atom is -0.463 e. The van der Waals surface area contributed by atoms with Crippen LogP contribution in [-0.2, 0) is 9.53 Å². The molecule has 2 nitrogen and oxygen atoms in total. The van der Waals surface area contributed by atoms with Crippen LogP contribution < -0.4 is 0 Å². The number of hydrogen-bond acceptors (Lipinski definition) is 2. The summed E-state index contributed by atoms with van der Waals surface area (Å²) in [5, 5.41) is 0. The summed E-state index contributed by atoms with van der Waals surface area (Å²) in [5.74, 6) is 0.498. The maximum Gasteiger partial charge on any atom is 0.333 e. The van der Waals surface area contributed by atoms with Crippen molar-refractivity contribution in [2.24, 2.45) is 5.92 Å². The molecule has 0 aromatic rings. The Bertz CT molecular complexity index is 181. The molecule has 0 saturated carbocycles. The summed E-state index contributed by atoms with van der Waals surface area (Å²) in [4.78, 5) is 11.1. The van der Waals surface area contributed by atoms with E-state index in [1.807, 2.05) is 13.0 Å². The highest BCUT2D eigenvalue weighted by Crippen LogP contribution is 2.07. The van der Waals surface area contributed by atoms with Crippen LogP contribution in [0, 0.1) is 5.92 Å². The van der Waals surface area contributed by atoms with Gasteiger partial charge in [0.1, 0.15) is 0 Å². The van der Waals surface area contributed by atoms with Crippen molar-refractivity contribution in [1.29, 1.82) is 0 Å². The normalized spacial score (nSPS) is 11.9. The van der Waals surface area contributed by atoms with E-state index in [0.29, 0.717) is 12.5 Å². The summed E-state index contributed by atoms with van der Waals surface area (Å²) < 4.78 is 4.85. The molecule has 0 bridgehead atoms. The molecule has 0 saturated heterocycles. The number of ether oxygens (including phenoxy) is 1. The Morgan fingerprint density at radius 1 is 1.46 bits per heavy atom. The molecule has 2 heteroatoms. The van der Waals surface area contributed by atoms with Crippen LogP contribution in [0.1, 0.15) is 40.5 Å². The van der Waals surface area contributed by atoms with Gasteiger partial charge in [0.2, 0.25) is 0 Å². The number of carbonyl (C=O) groups is 1. The lowest BCUT2D eigenvalue weighted by atomic mass is 10.1. The molecule has 0 heterocycles. The summed E-state index contributed by atoms with van der Waals surface area (Å²) in [5.41, 5.74) is 0.725. The zero-order valence-electron chi connectivity index (χ0n) is 9.09. The van der Waals surface area contributed by atoms with Gasteiger partial charge in [0.05, 0.1) is 6.61 Å². The third-order valence-electron chi connectivity index (χ3n) is 1.79. The van der Waals surface area contributed by atoms with E-state index in [9.17, 15) is 4.79 Å². The molecular weight excluding hydrogens is 164 g/mol. The Hall–Kier alpha value is -0.790. The topological polar surface area (TPSA) is 26.3 Å². The second-order valence-corrected chi connectivity index (χ2v) is 3.58. The van der Waals surface area contributed by atoms with E-state index in [4.69, 9.17) is 4.74 Å². The monoisotopic (exact) mass is 184 g/mol. The maximum atomic E-state index is 11.1. The van der Waals surface area contributed by atoms with Crippen molar-refractivity contribution in [3.63, 3.8) is 0 Å². The van der Waals surface area contributed by atoms with Gasteiger partial charge < -0.3 is 4.74 Å². The molecule has 0 aliphatic carbocycles. The minimum atomic E-state index is -0.189. The lowest BCUT2D eigenvalue weighted by Crippen LogP contribution is -2.05. The number of allylic oxidation sites excluding steroid dienone is 1. The zero-order chi connectivity index (χ0) is 10.3. The summed E-state index contributed by atoms with van der Waals surface area (Å²) in [6.07, 6.45) is 4.04. The highest BCUT2D eigenvalue weighted by atomic mass is 16.5. The van der Waals surface area contributed by atoms with Gasteiger partial charge in [0, 0.05) is 5.57 Å². The van der Waals surface area contributed by atoms with E-state index >= 15 is 0 Å². The molecule has 0 amide bonds. The number of esters is 1. The second kappa shape index (κ2) is 6.70. The van der Waals surface area contributed by atoms with Gasteiger partial charge >= 0.3 is 5.97 Å². The molecule has 0 aromatic heterocycles. The van der Waals surface area contributed by atoms with E-state index < -0.39 is 0 Å². The lowest BCUT2D eigenvalue weighted by molar-refractivity contribution is -0.138. The minimum absolute atomic E-state index is 0.189. The third kappa shape index (κ3) is 6.38. The predicted octanol–water partition coefficient (Wildman–Crippen LogP) is 2.93. The highest BCUT2D eigenvalue weighted by Gasteiger charge is 2.03. The van der Waals surface area contributed by atoms with Crippen molar-refractivity contribution in [2.45, 2.75) is 40.5 Å². The maximum absolute atomic E-state index is 11.1. The number of rotatable bonds is 5. The van der Waals surface area contributed by atoms with Gasteiger partial charge in [0.15, 0.2) is 0 Å². The van der Waals surface area contributed by atoms with Crippen LogP contribution in [0.2, 0.25) is 0 Å². The first kappa shape index (κ1) is 12.2. The Morgan fingerprint density at radius 2 is 2.08 bits per heavy atom. The summed E-state index contributed by atoms with van der Waals surface area (Å²) in [7, 11) is 0. The Balaban J connectivity index is 3.80. The average Bonchev–Trinajstić information content (AvgIpc) is 2.04. The van der Waals surface area contributed by atoms with Crippen molar-refractivity contribution in [3.05, 3.63) is 11.6 Å². The molecule has 0 aliphatic rings. The van der Waals surface area contributed by atoms with Crippen LogP contribution in [-0.4, -0.2) is 12.6 Å². The molecule has 0 atom stereocenters. The quantitative estimate of drug-likeness (QED) is 0.485. The summed E-state index contributed by atoms with van der Waals surface area (Å²) in [6, 6.07) is 0. The fraction of sp³-hybridized carbons (Fsp3) is 0.727. The molecule has 13 heavy (non-hydrogen) atoms. The molecule has 0 radical (unpaired) electrons. The van der Waals surface area contributed by atoms with E-state index in [-0.39, 0.29) is 5.97 Å². The molecule has 0 aliphatic heterocycles. The highest BCUT2D eigenvalue weighted by molar-refractivity contribution is 5.87. The van der Waals surface area contributed by atoms with Crippen LogP contribution in [0.5, 0.6) is 0 Å². The number of carbonyl (C=O) groups excluding carboxylic acids is 1. The standard InChI is InChI=1S/C11H20O2/c1-5-13-11(12)10(4)8-6-7-9(2)3/h8-9H,5-7H2,1-4H3. The SMILES string of the molecule is CCOC(=O)C(C)=CCCC(C)C. The summed E-state index contributed by atoms with van der Waals surface area (Å²) >= 11 is 0. The van der Waals surface area contributed by atoms with Gasteiger partial charge in [0.25, 0.3) is 0 Å². The third-order valence-corrected chi connectivity index (χ3v) is 1.79. The number of hydrogen-bond donors (Lipinski definition) is 0. The van der Waals surface area contributed by atoms with Gasteiger partial charge in [-0.1, -0.05) is 19.9 Å². The Labute approximate surface area is 81.0 Å². The van der Waals surface area contributed by atoms with Crippen molar-refractivity contribution < 1.29 is 9.53 Å². The molecule has 0 spiro atoms. The smallest absolute Gasteiger partial charge is 0.333 e. The zero-order valence-corrected chi connectivity index (χ0v) is 9.09. The first-order valence-corrected chi connectivity index (χ1v) is 4.91. The van der Waals surface area contributed by atoms with Crippen molar-refractivity contribution >= 4 is 5.97 Å². The molecule has 76 valence electrons. The van der Waals surface area contributed by atoms with Crippen LogP contribution in [0.4, 0.5) is 0 Å². The van der Waals surface area contributed by atoms with E-state index in [0.717, 1.165) is 18.4 Å². The predicted molar refractivity (Wildman–Crippen MR) is 54.5 cm³/mol. The first-order valence-electron chi connectivity index (χ1n) is 4.91. The Morgan fingerprint density at radius 3 is 2.54 bits per heavy atom. The molecular formula is C11H20O2. The van der Waals surface area contributed by atoms with Gasteiger partial charge in [-0.15, -0.1) is 0 Å². The van der Waals surface area contributed by atoms with Gasteiger partial charge in [-0.2, -0.15) is 0 Å². The van der Waals surface area contributed by atoms with Gasteiger partial charge in [-0.05, 0) is 32.6 Å². The fourth-order valence-electron chi connectivity index (χ4n) is 0.961. The Kier molecular flexibility index (Phi) is 6.29. The van der Waals surface area contributed by atoms with Gasteiger partial charge in [-0.3, -0.25) is 0 Å².